The van der Waals surface area contributed by atoms with Crippen LogP contribution < -0.4 is 10.2 Å². The minimum absolute atomic E-state index is 0.179. The number of anilines is 1. The normalized spacial score (nSPS) is 11.7. The van der Waals surface area contributed by atoms with Crippen molar-refractivity contribution in [1.29, 1.82) is 0 Å². The summed E-state index contributed by atoms with van der Waals surface area (Å²) in [5.41, 5.74) is 4.96. The maximum Gasteiger partial charge on any atom is 0.573 e. The summed E-state index contributed by atoms with van der Waals surface area (Å²) >= 11 is 1.35. The molecule has 0 atom stereocenters. The van der Waals surface area contributed by atoms with Crippen molar-refractivity contribution in [2.45, 2.75) is 6.36 Å². The number of hydrogen-bond donors (Lipinski definition) is 2. The zero-order valence-corrected chi connectivity index (χ0v) is 13.9. The van der Waals surface area contributed by atoms with E-state index < -0.39 is 6.36 Å². The first kappa shape index (κ1) is 17.7. The average molecular weight is 379 g/mol. The average Bonchev–Trinajstić information content (AvgIpc) is 3.05. The van der Waals surface area contributed by atoms with Gasteiger partial charge in [0.25, 0.3) is 0 Å². The highest BCUT2D eigenvalue weighted by Crippen LogP contribution is 2.26. The molecule has 0 saturated carbocycles. The lowest BCUT2D eigenvalue weighted by Gasteiger charge is -2.08. The number of halogens is 3. The van der Waals surface area contributed by atoms with Crippen molar-refractivity contribution in [1.82, 2.24) is 4.98 Å². The molecule has 0 aliphatic carbocycles. The number of thiazole rings is 1. The number of phenolic OH excluding ortho intramolecular Hbond substituents is 1. The predicted molar refractivity (Wildman–Crippen MR) is 93.6 cm³/mol. The molecule has 3 rings (SSSR count). The Labute approximate surface area is 150 Å². The second kappa shape index (κ2) is 7.44. The van der Waals surface area contributed by atoms with Gasteiger partial charge in [-0.1, -0.05) is 0 Å². The van der Waals surface area contributed by atoms with E-state index in [0.29, 0.717) is 10.7 Å². The molecule has 0 unspecified atom stereocenters. The van der Waals surface area contributed by atoms with Crippen molar-refractivity contribution in [3.8, 4) is 22.8 Å². The molecule has 2 aromatic carbocycles. The summed E-state index contributed by atoms with van der Waals surface area (Å²) in [7, 11) is 0. The van der Waals surface area contributed by atoms with Gasteiger partial charge in [-0.05, 0) is 54.1 Å². The van der Waals surface area contributed by atoms with Gasteiger partial charge in [0, 0.05) is 10.9 Å². The van der Waals surface area contributed by atoms with E-state index in [4.69, 9.17) is 0 Å². The molecule has 0 spiro atoms. The predicted octanol–water partition coefficient (Wildman–Crippen LogP) is 4.86. The largest absolute Gasteiger partial charge is 0.573 e. The quantitative estimate of drug-likeness (QED) is 0.491. The van der Waals surface area contributed by atoms with Crippen LogP contribution in [0.25, 0.3) is 11.3 Å². The van der Waals surface area contributed by atoms with E-state index in [1.54, 1.807) is 24.3 Å². The molecular formula is C17H12F3N3O2S. The molecule has 26 heavy (non-hydrogen) atoms. The van der Waals surface area contributed by atoms with Crippen LogP contribution in [0, 0.1) is 0 Å². The minimum Gasteiger partial charge on any atom is -0.508 e. The lowest BCUT2D eigenvalue weighted by atomic mass is 10.2. The topological polar surface area (TPSA) is 66.7 Å². The SMILES string of the molecule is Oc1ccc(-c2csc(NN=Cc3ccc(OC(F)(F)F)cc3)n2)cc1. The number of phenols is 1. The summed E-state index contributed by atoms with van der Waals surface area (Å²) in [6, 6.07) is 12.0. The van der Waals surface area contributed by atoms with Gasteiger partial charge >= 0.3 is 6.36 Å². The summed E-state index contributed by atoms with van der Waals surface area (Å²) in [6.45, 7) is 0. The molecule has 0 amide bonds. The van der Waals surface area contributed by atoms with Crippen LogP contribution in [0.2, 0.25) is 0 Å². The lowest BCUT2D eigenvalue weighted by molar-refractivity contribution is -0.274. The maximum atomic E-state index is 12.1. The van der Waals surface area contributed by atoms with Gasteiger partial charge in [0.05, 0.1) is 11.9 Å². The highest BCUT2D eigenvalue weighted by atomic mass is 32.1. The molecule has 0 saturated heterocycles. The van der Waals surface area contributed by atoms with Crippen molar-refractivity contribution in [3.05, 3.63) is 59.5 Å². The second-order valence-electron chi connectivity index (χ2n) is 5.07. The van der Waals surface area contributed by atoms with Crippen LogP contribution in [0.1, 0.15) is 5.56 Å². The van der Waals surface area contributed by atoms with E-state index in [9.17, 15) is 18.3 Å². The molecule has 2 N–H and O–H groups in total. The number of benzene rings is 2. The Balaban J connectivity index is 1.59. The number of hydrogen-bond acceptors (Lipinski definition) is 6. The molecular weight excluding hydrogens is 367 g/mol. The minimum atomic E-state index is -4.71. The molecule has 1 heterocycles. The van der Waals surface area contributed by atoms with Crippen LogP contribution >= 0.6 is 11.3 Å². The third kappa shape index (κ3) is 4.96. The third-order valence-corrected chi connectivity index (χ3v) is 3.90. The van der Waals surface area contributed by atoms with Gasteiger partial charge in [-0.3, -0.25) is 5.43 Å². The van der Waals surface area contributed by atoms with E-state index >= 15 is 0 Å². The number of nitrogens with one attached hydrogen (secondary N) is 1. The van der Waals surface area contributed by atoms with Crippen molar-refractivity contribution in [3.63, 3.8) is 0 Å². The van der Waals surface area contributed by atoms with Crippen molar-refractivity contribution < 1.29 is 23.0 Å². The smallest absolute Gasteiger partial charge is 0.508 e. The fourth-order valence-electron chi connectivity index (χ4n) is 2.01. The standard InChI is InChI=1S/C17H12F3N3O2S/c18-17(19,20)25-14-7-1-11(2-8-14)9-21-23-16-22-15(10-26-16)12-3-5-13(24)6-4-12/h1-10,24H,(H,22,23). The Kier molecular flexibility index (Phi) is 5.08. The van der Waals surface area contributed by atoms with Crippen LogP contribution in [-0.4, -0.2) is 22.7 Å². The summed E-state index contributed by atoms with van der Waals surface area (Å²) < 4.78 is 40.1. The number of aromatic hydroxyl groups is 1. The number of ether oxygens (including phenoxy) is 1. The number of hydrazone groups is 1. The summed E-state index contributed by atoms with van der Waals surface area (Å²) in [5, 5.41) is 15.7. The molecule has 1 aromatic heterocycles. The van der Waals surface area contributed by atoms with E-state index in [0.717, 1.165) is 11.3 Å². The fourth-order valence-corrected chi connectivity index (χ4v) is 2.68. The highest BCUT2D eigenvalue weighted by Gasteiger charge is 2.30. The van der Waals surface area contributed by atoms with Gasteiger partial charge in [0.1, 0.15) is 11.5 Å². The molecule has 0 bridgehead atoms. The van der Waals surface area contributed by atoms with Gasteiger partial charge in [0.15, 0.2) is 0 Å². The zero-order valence-electron chi connectivity index (χ0n) is 13.1. The molecule has 0 radical (unpaired) electrons. The first-order valence-corrected chi connectivity index (χ1v) is 8.17. The molecule has 0 aliphatic rings. The van der Waals surface area contributed by atoms with Gasteiger partial charge in [-0.15, -0.1) is 24.5 Å². The summed E-state index contributed by atoms with van der Waals surface area (Å²) in [6.07, 6.45) is -3.25. The van der Waals surface area contributed by atoms with Crippen LogP contribution in [0.4, 0.5) is 18.3 Å². The van der Waals surface area contributed by atoms with Gasteiger partial charge in [-0.2, -0.15) is 5.10 Å². The second-order valence-corrected chi connectivity index (χ2v) is 5.93. The van der Waals surface area contributed by atoms with Crippen molar-refractivity contribution in [2.75, 3.05) is 5.43 Å². The molecule has 9 heteroatoms. The highest BCUT2D eigenvalue weighted by molar-refractivity contribution is 7.14. The first-order valence-electron chi connectivity index (χ1n) is 7.29. The van der Waals surface area contributed by atoms with Crippen LogP contribution in [0.15, 0.2) is 59.0 Å². The molecule has 134 valence electrons. The van der Waals surface area contributed by atoms with E-state index in [1.807, 2.05) is 5.38 Å². The number of alkyl halides is 3. The Bertz CT molecular complexity index is 891. The molecule has 0 fully saturated rings. The molecule has 0 aliphatic heterocycles. The molecule has 5 nitrogen and oxygen atoms in total. The van der Waals surface area contributed by atoms with Crippen LogP contribution in [0.5, 0.6) is 11.5 Å². The summed E-state index contributed by atoms with van der Waals surface area (Å²) in [5.74, 6) is -0.111. The van der Waals surface area contributed by atoms with E-state index in [2.05, 4.69) is 20.2 Å². The fraction of sp³-hybridized carbons (Fsp3) is 0.0588. The van der Waals surface area contributed by atoms with Gasteiger partial charge in [-0.25, -0.2) is 4.98 Å². The van der Waals surface area contributed by atoms with Gasteiger partial charge in [0.2, 0.25) is 5.13 Å². The third-order valence-electron chi connectivity index (χ3n) is 3.15. The Morgan fingerprint density at radius 2 is 1.77 bits per heavy atom. The monoisotopic (exact) mass is 379 g/mol. The van der Waals surface area contributed by atoms with Crippen LogP contribution in [-0.2, 0) is 0 Å². The zero-order chi connectivity index (χ0) is 18.6. The number of aromatic nitrogens is 1. The Morgan fingerprint density at radius 1 is 1.08 bits per heavy atom. The first-order chi connectivity index (χ1) is 12.4. The Morgan fingerprint density at radius 3 is 2.42 bits per heavy atom. The van der Waals surface area contributed by atoms with Gasteiger partial charge < -0.3 is 9.84 Å². The van der Waals surface area contributed by atoms with E-state index in [1.165, 1.54) is 41.8 Å². The van der Waals surface area contributed by atoms with E-state index in [-0.39, 0.29) is 11.5 Å². The lowest BCUT2D eigenvalue weighted by Crippen LogP contribution is -2.17. The Hall–Kier alpha value is -3.07. The van der Waals surface area contributed by atoms with Crippen LogP contribution in [0.3, 0.4) is 0 Å². The number of nitrogens with zero attached hydrogens (tertiary/aromatic N) is 2. The maximum absolute atomic E-state index is 12.1. The number of rotatable bonds is 5. The molecule has 3 aromatic rings. The van der Waals surface area contributed by atoms with Crippen molar-refractivity contribution >= 4 is 22.7 Å². The summed E-state index contributed by atoms with van der Waals surface area (Å²) in [4.78, 5) is 4.36. The van der Waals surface area contributed by atoms with Crippen molar-refractivity contribution in [2.24, 2.45) is 5.10 Å².